The quantitative estimate of drug-likeness (QED) is 0.804. The lowest BCUT2D eigenvalue weighted by Gasteiger charge is -2.24. The minimum atomic E-state index is -3.00. The number of nitrogens with one attached hydrogen (secondary N) is 1. The van der Waals surface area contributed by atoms with Crippen molar-refractivity contribution in [3.63, 3.8) is 0 Å². The van der Waals surface area contributed by atoms with Crippen LogP contribution in [0, 0.1) is 5.41 Å². The summed E-state index contributed by atoms with van der Waals surface area (Å²) < 4.78 is 25.6. The molecular formula is C10H19ClF2N2O. The highest BCUT2D eigenvalue weighted by molar-refractivity contribution is 5.85. The van der Waals surface area contributed by atoms with E-state index < -0.39 is 24.4 Å². The van der Waals surface area contributed by atoms with Gasteiger partial charge in [-0.3, -0.25) is 4.79 Å². The summed E-state index contributed by atoms with van der Waals surface area (Å²) in [5, 5.41) is 2.29. The predicted octanol–water partition coefficient (Wildman–Crippen LogP) is 1.70. The number of nitrogens with two attached hydrogens (primary N) is 1. The molecule has 0 unspecified atom stereocenters. The number of hydrogen-bond acceptors (Lipinski definition) is 2. The van der Waals surface area contributed by atoms with Gasteiger partial charge in [0.05, 0.1) is 13.1 Å². The second-order valence-electron chi connectivity index (χ2n) is 4.51. The van der Waals surface area contributed by atoms with Gasteiger partial charge in [0.2, 0.25) is 5.91 Å². The Balaban J connectivity index is 0.00000225. The Kier molecular flexibility index (Phi) is 5.62. The number of alkyl halides is 2. The van der Waals surface area contributed by atoms with Gasteiger partial charge in [0.25, 0.3) is 5.92 Å². The molecule has 6 heteroatoms. The lowest BCUT2D eigenvalue weighted by Crippen LogP contribution is -2.45. The van der Waals surface area contributed by atoms with Gasteiger partial charge in [-0.2, -0.15) is 0 Å². The normalized spacial score (nSPS) is 19.0. The fourth-order valence-electron chi connectivity index (χ4n) is 1.88. The molecule has 0 spiro atoms. The van der Waals surface area contributed by atoms with Crippen molar-refractivity contribution in [2.24, 2.45) is 11.1 Å². The van der Waals surface area contributed by atoms with Crippen LogP contribution in [0.2, 0.25) is 0 Å². The maximum absolute atomic E-state index is 12.8. The van der Waals surface area contributed by atoms with Crippen LogP contribution in [0.15, 0.2) is 0 Å². The van der Waals surface area contributed by atoms with Gasteiger partial charge in [0.15, 0.2) is 0 Å². The topological polar surface area (TPSA) is 55.1 Å². The summed E-state index contributed by atoms with van der Waals surface area (Å²) in [6, 6.07) is 0. The summed E-state index contributed by atoms with van der Waals surface area (Å²) in [4.78, 5) is 11.6. The molecule has 0 aromatic carbocycles. The second-order valence-corrected chi connectivity index (χ2v) is 4.51. The summed E-state index contributed by atoms with van der Waals surface area (Å²) in [6.07, 6.45) is 3.56. The van der Waals surface area contributed by atoms with E-state index in [-0.39, 0.29) is 18.3 Å². The lowest BCUT2D eigenvalue weighted by molar-refractivity contribution is -0.131. The van der Waals surface area contributed by atoms with E-state index in [4.69, 9.17) is 5.73 Å². The zero-order chi connectivity index (χ0) is 11.5. The van der Waals surface area contributed by atoms with Gasteiger partial charge >= 0.3 is 0 Å². The maximum Gasteiger partial charge on any atom is 0.277 e. The van der Waals surface area contributed by atoms with Crippen LogP contribution in [0.5, 0.6) is 0 Å². The molecule has 0 aliphatic heterocycles. The van der Waals surface area contributed by atoms with Crippen LogP contribution >= 0.6 is 12.4 Å². The highest BCUT2D eigenvalue weighted by Crippen LogP contribution is 2.37. The standard InChI is InChI=1S/C10H18F2N2O.ClH/c1-9(4-2-3-5-9)8(15)14-7-10(11,12)6-13;/h2-7,13H2,1H3,(H,14,15);1H. The molecule has 3 nitrogen and oxygen atoms in total. The minimum absolute atomic E-state index is 0. The smallest absolute Gasteiger partial charge is 0.277 e. The van der Waals surface area contributed by atoms with E-state index in [1.54, 1.807) is 0 Å². The Morgan fingerprint density at radius 3 is 2.38 bits per heavy atom. The average Bonchev–Trinajstić information content (AvgIpc) is 2.63. The van der Waals surface area contributed by atoms with Gasteiger partial charge in [-0.25, -0.2) is 8.78 Å². The van der Waals surface area contributed by atoms with Gasteiger partial charge in [0.1, 0.15) is 0 Å². The summed E-state index contributed by atoms with van der Waals surface area (Å²) in [6.45, 7) is 0.442. The first-order chi connectivity index (χ1) is 6.90. The molecule has 1 aliphatic carbocycles. The fourth-order valence-corrected chi connectivity index (χ4v) is 1.88. The molecule has 1 fully saturated rings. The molecule has 0 aromatic rings. The van der Waals surface area contributed by atoms with E-state index in [2.05, 4.69) is 5.32 Å². The van der Waals surface area contributed by atoms with E-state index in [0.29, 0.717) is 0 Å². The highest BCUT2D eigenvalue weighted by atomic mass is 35.5. The number of rotatable bonds is 4. The Morgan fingerprint density at radius 1 is 1.44 bits per heavy atom. The van der Waals surface area contributed by atoms with E-state index >= 15 is 0 Å². The molecule has 0 aromatic heterocycles. The number of hydrogen-bond donors (Lipinski definition) is 2. The number of carbonyl (C=O) groups is 1. The van der Waals surface area contributed by atoms with E-state index in [1.165, 1.54) is 0 Å². The molecule has 1 aliphatic rings. The van der Waals surface area contributed by atoms with Crippen LogP contribution in [0.4, 0.5) is 8.78 Å². The number of amides is 1. The minimum Gasteiger partial charge on any atom is -0.350 e. The van der Waals surface area contributed by atoms with Crippen molar-refractivity contribution in [3.05, 3.63) is 0 Å². The summed E-state index contributed by atoms with van der Waals surface area (Å²) in [5.41, 5.74) is 4.42. The highest BCUT2D eigenvalue weighted by Gasteiger charge is 2.37. The van der Waals surface area contributed by atoms with Crippen LogP contribution in [-0.4, -0.2) is 24.9 Å². The Hall–Kier alpha value is -0.420. The summed E-state index contributed by atoms with van der Waals surface area (Å²) >= 11 is 0. The van der Waals surface area contributed by atoms with Gasteiger partial charge < -0.3 is 11.1 Å². The first-order valence-corrected chi connectivity index (χ1v) is 5.26. The Labute approximate surface area is 101 Å². The monoisotopic (exact) mass is 256 g/mol. The third kappa shape index (κ3) is 3.87. The number of carbonyl (C=O) groups excluding carboxylic acids is 1. The molecule has 0 heterocycles. The molecule has 0 radical (unpaired) electrons. The van der Waals surface area contributed by atoms with Crippen LogP contribution < -0.4 is 11.1 Å². The van der Waals surface area contributed by atoms with Crippen LogP contribution in [-0.2, 0) is 4.79 Å². The molecule has 0 saturated heterocycles. The van der Waals surface area contributed by atoms with Gasteiger partial charge in [0, 0.05) is 5.41 Å². The van der Waals surface area contributed by atoms with Gasteiger partial charge in [-0.05, 0) is 12.8 Å². The maximum atomic E-state index is 12.8. The van der Waals surface area contributed by atoms with Crippen molar-refractivity contribution in [3.8, 4) is 0 Å². The van der Waals surface area contributed by atoms with E-state index in [0.717, 1.165) is 25.7 Å². The van der Waals surface area contributed by atoms with Gasteiger partial charge in [-0.1, -0.05) is 19.8 Å². The Morgan fingerprint density at radius 2 is 1.94 bits per heavy atom. The lowest BCUT2D eigenvalue weighted by atomic mass is 9.88. The largest absolute Gasteiger partial charge is 0.350 e. The van der Waals surface area contributed by atoms with Crippen molar-refractivity contribution in [1.29, 1.82) is 0 Å². The zero-order valence-electron chi connectivity index (χ0n) is 9.39. The van der Waals surface area contributed by atoms with Gasteiger partial charge in [-0.15, -0.1) is 12.4 Å². The van der Waals surface area contributed by atoms with Crippen molar-refractivity contribution in [2.45, 2.75) is 38.5 Å². The number of halogens is 3. The summed E-state index contributed by atoms with van der Waals surface area (Å²) in [5.74, 6) is -3.27. The third-order valence-electron chi connectivity index (χ3n) is 3.06. The van der Waals surface area contributed by atoms with Crippen molar-refractivity contribution >= 4 is 18.3 Å². The Bertz CT molecular complexity index is 243. The molecular weight excluding hydrogens is 238 g/mol. The fraction of sp³-hybridized carbons (Fsp3) is 0.900. The average molecular weight is 257 g/mol. The molecule has 0 atom stereocenters. The second kappa shape index (κ2) is 5.77. The third-order valence-corrected chi connectivity index (χ3v) is 3.06. The predicted molar refractivity (Wildman–Crippen MR) is 60.8 cm³/mol. The molecule has 1 saturated carbocycles. The van der Waals surface area contributed by atoms with E-state index in [1.807, 2.05) is 6.92 Å². The van der Waals surface area contributed by atoms with Crippen molar-refractivity contribution in [1.82, 2.24) is 5.32 Å². The molecule has 3 N–H and O–H groups in total. The summed E-state index contributed by atoms with van der Waals surface area (Å²) in [7, 11) is 0. The van der Waals surface area contributed by atoms with Crippen molar-refractivity contribution < 1.29 is 13.6 Å². The SMILES string of the molecule is CC1(C(=O)NCC(F)(F)CN)CCCC1.Cl. The zero-order valence-corrected chi connectivity index (χ0v) is 10.2. The first kappa shape index (κ1) is 15.6. The molecule has 1 amide bonds. The molecule has 16 heavy (non-hydrogen) atoms. The van der Waals surface area contributed by atoms with E-state index in [9.17, 15) is 13.6 Å². The van der Waals surface area contributed by atoms with Crippen molar-refractivity contribution in [2.75, 3.05) is 13.1 Å². The molecule has 96 valence electrons. The van der Waals surface area contributed by atoms with Crippen LogP contribution in [0.1, 0.15) is 32.6 Å². The molecule has 0 bridgehead atoms. The molecule has 1 rings (SSSR count). The van der Waals surface area contributed by atoms with Crippen LogP contribution in [0.3, 0.4) is 0 Å². The first-order valence-electron chi connectivity index (χ1n) is 5.26. The van der Waals surface area contributed by atoms with Crippen LogP contribution in [0.25, 0.3) is 0 Å².